The van der Waals surface area contributed by atoms with E-state index in [0.29, 0.717) is 12.4 Å². The highest BCUT2D eigenvalue weighted by atomic mass is 16.5. The molecule has 0 aromatic carbocycles. The molecule has 1 saturated heterocycles. The van der Waals surface area contributed by atoms with Gasteiger partial charge >= 0.3 is 0 Å². The van der Waals surface area contributed by atoms with Crippen molar-refractivity contribution >= 4 is 11.7 Å². The molecule has 1 atom stereocenters. The lowest BCUT2D eigenvalue weighted by Gasteiger charge is -2.23. The summed E-state index contributed by atoms with van der Waals surface area (Å²) < 4.78 is 5.11. The molecule has 0 radical (unpaired) electrons. The normalized spacial score (nSPS) is 21.7. The number of nitrogens with one attached hydrogen (secondary N) is 1. The number of pyridine rings is 1. The van der Waals surface area contributed by atoms with Crippen molar-refractivity contribution < 1.29 is 9.53 Å². The molecule has 0 saturated carbocycles. The Morgan fingerprint density at radius 2 is 2.43 bits per heavy atom. The van der Waals surface area contributed by atoms with Crippen molar-refractivity contribution in [1.29, 1.82) is 0 Å². The van der Waals surface area contributed by atoms with E-state index in [1.807, 2.05) is 6.07 Å². The number of carbonyl (C=O) groups excluding carboxylic acids is 1. The van der Waals surface area contributed by atoms with Crippen molar-refractivity contribution in [2.24, 2.45) is 0 Å². The van der Waals surface area contributed by atoms with Gasteiger partial charge in [-0.3, -0.25) is 4.79 Å². The number of rotatable bonds is 1. The summed E-state index contributed by atoms with van der Waals surface area (Å²) in [5.41, 5.74) is 6.36. The second kappa shape index (κ2) is 3.63. The van der Waals surface area contributed by atoms with E-state index >= 15 is 0 Å². The molecule has 14 heavy (non-hydrogen) atoms. The number of aromatic nitrogens is 1. The third-order valence-corrected chi connectivity index (χ3v) is 2.06. The lowest BCUT2D eigenvalue weighted by molar-refractivity contribution is -0.131. The van der Waals surface area contributed by atoms with E-state index in [1.165, 1.54) is 0 Å². The SMILES string of the molecule is Nc1ccc(C2COCC(=O)N2)cn1. The van der Waals surface area contributed by atoms with Crippen LogP contribution in [0.1, 0.15) is 11.6 Å². The third-order valence-electron chi connectivity index (χ3n) is 2.06. The van der Waals surface area contributed by atoms with E-state index in [1.54, 1.807) is 12.3 Å². The summed E-state index contributed by atoms with van der Waals surface area (Å²) in [5.74, 6) is 0.370. The Kier molecular flexibility index (Phi) is 2.32. The van der Waals surface area contributed by atoms with Gasteiger partial charge < -0.3 is 15.8 Å². The molecule has 3 N–H and O–H groups in total. The van der Waals surface area contributed by atoms with Gasteiger partial charge in [-0.25, -0.2) is 4.98 Å². The molecular formula is C9H11N3O2. The largest absolute Gasteiger partial charge is 0.384 e. The number of nitrogens with two attached hydrogens (primary N) is 1. The maximum atomic E-state index is 11.0. The van der Waals surface area contributed by atoms with Crippen molar-refractivity contribution in [3.05, 3.63) is 23.9 Å². The lowest BCUT2D eigenvalue weighted by Crippen LogP contribution is -2.39. The molecule has 0 bridgehead atoms. The van der Waals surface area contributed by atoms with Crippen LogP contribution in [-0.4, -0.2) is 24.1 Å². The number of carbonyl (C=O) groups is 1. The molecular weight excluding hydrogens is 182 g/mol. The predicted molar refractivity (Wildman–Crippen MR) is 50.4 cm³/mol. The van der Waals surface area contributed by atoms with E-state index < -0.39 is 0 Å². The van der Waals surface area contributed by atoms with E-state index in [4.69, 9.17) is 10.5 Å². The van der Waals surface area contributed by atoms with Gasteiger partial charge in [0.25, 0.3) is 0 Å². The molecule has 5 heteroatoms. The van der Waals surface area contributed by atoms with Gasteiger partial charge in [0.2, 0.25) is 5.91 Å². The lowest BCUT2D eigenvalue weighted by atomic mass is 10.1. The highest BCUT2D eigenvalue weighted by molar-refractivity contribution is 5.78. The smallest absolute Gasteiger partial charge is 0.246 e. The summed E-state index contributed by atoms with van der Waals surface area (Å²) in [5, 5.41) is 2.81. The number of hydrogen-bond acceptors (Lipinski definition) is 4. The number of nitrogens with zero attached hydrogens (tertiary/aromatic N) is 1. The number of ether oxygens (including phenoxy) is 1. The zero-order valence-electron chi connectivity index (χ0n) is 7.56. The van der Waals surface area contributed by atoms with Crippen LogP contribution in [0.25, 0.3) is 0 Å². The Labute approximate surface area is 81.3 Å². The van der Waals surface area contributed by atoms with E-state index in [2.05, 4.69) is 10.3 Å². The first-order valence-corrected chi connectivity index (χ1v) is 4.34. The van der Waals surface area contributed by atoms with E-state index in [0.717, 1.165) is 5.56 Å². The molecule has 0 spiro atoms. The highest BCUT2D eigenvalue weighted by Gasteiger charge is 2.20. The van der Waals surface area contributed by atoms with Crippen LogP contribution in [-0.2, 0) is 9.53 Å². The first-order chi connectivity index (χ1) is 6.75. The van der Waals surface area contributed by atoms with Crippen molar-refractivity contribution in [2.75, 3.05) is 18.9 Å². The molecule has 1 amide bonds. The average molecular weight is 193 g/mol. The molecule has 74 valence electrons. The Bertz CT molecular complexity index is 336. The topological polar surface area (TPSA) is 77.2 Å². The zero-order valence-corrected chi connectivity index (χ0v) is 7.56. The van der Waals surface area contributed by atoms with Crippen molar-refractivity contribution in [2.45, 2.75) is 6.04 Å². The molecule has 1 aromatic rings. The molecule has 2 rings (SSSR count). The molecule has 1 aliphatic rings. The summed E-state index contributed by atoms with van der Waals surface area (Å²) in [6.07, 6.45) is 1.65. The highest BCUT2D eigenvalue weighted by Crippen LogP contribution is 2.15. The summed E-state index contributed by atoms with van der Waals surface area (Å²) >= 11 is 0. The number of nitrogen functional groups attached to an aromatic ring is 1. The monoisotopic (exact) mass is 193 g/mol. The third kappa shape index (κ3) is 1.82. The number of morpholine rings is 1. The number of anilines is 1. The maximum Gasteiger partial charge on any atom is 0.246 e. The molecule has 0 aliphatic carbocycles. The summed E-state index contributed by atoms with van der Waals surface area (Å²) in [6.45, 7) is 0.621. The van der Waals surface area contributed by atoms with Gasteiger partial charge in [-0.1, -0.05) is 6.07 Å². The van der Waals surface area contributed by atoms with Gasteiger partial charge in [-0.05, 0) is 11.6 Å². The van der Waals surface area contributed by atoms with E-state index in [9.17, 15) is 4.79 Å². The van der Waals surface area contributed by atoms with Gasteiger partial charge in [-0.2, -0.15) is 0 Å². The molecule has 1 unspecified atom stereocenters. The Morgan fingerprint density at radius 1 is 1.57 bits per heavy atom. The number of amides is 1. The maximum absolute atomic E-state index is 11.0. The zero-order chi connectivity index (χ0) is 9.97. The van der Waals surface area contributed by atoms with Gasteiger partial charge in [-0.15, -0.1) is 0 Å². The fourth-order valence-corrected chi connectivity index (χ4v) is 1.35. The van der Waals surface area contributed by atoms with Crippen LogP contribution in [0, 0.1) is 0 Å². The van der Waals surface area contributed by atoms with Crippen LogP contribution in [0.2, 0.25) is 0 Å². The van der Waals surface area contributed by atoms with Crippen molar-refractivity contribution in [3.8, 4) is 0 Å². The molecule has 2 heterocycles. The van der Waals surface area contributed by atoms with Crippen LogP contribution in [0.15, 0.2) is 18.3 Å². The fraction of sp³-hybridized carbons (Fsp3) is 0.333. The van der Waals surface area contributed by atoms with Crippen LogP contribution in [0.5, 0.6) is 0 Å². The summed E-state index contributed by atoms with van der Waals surface area (Å²) in [7, 11) is 0. The second-order valence-electron chi connectivity index (χ2n) is 3.15. The van der Waals surface area contributed by atoms with Gasteiger partial charge in [0, 0.05) is 6.20 Å². The molecule has 1 aliphatic heterocycles. The molecule has 5 nitrogen and oxygen atoms in total. The Hall–Kier alpha value is -1.62. The van der Waals surface area contributed by atoms with Crippen molar-refractivity contribution in [3.63, 3.8) is 0 Å². The van der Waals surface area contributed by atoms with Crippen molar-refractivity contribution in [1.82, 2.24) is 10.3 Å². The van der Waals surface area contributed by atoms with Gasteiger partial charge in [0.15, 0.2) is 0 Å². The van der Waals surface area contributed by atoms with Crippen LogP contribution >= 0.6 is 0 Å². The fourth-order valence-electron chi connectivity index (χ4n) is 1.35. The minimum atomic E-state index is -0.107. The van der Waals surface area contributed by atoms with Crippen LogP contribution < -0.4 is 11.1 Å². The summed E-state index contributed by atoms with van der Waals surface area (Å²) in [6, 6.07) is 3.43. The quantitative estimate of drug-likeness (QED) is 0.650. The van der Waals surface area contributed by atoms with Gasteiger partial charge in [0.1, 0.15) is 12.4 Å². The summed E-state index contributed by atoms with van der Waals surface area (Å²) in [4.78, 5) is 15.0. The average Bonchev–Trinajstić information content (AvgIpc) is 2.19. The Balaban J connectivity index is 2.14. The van der Waals surface area contributed by atoms with E-state index in [-0.39, 0.29) is 18.6 Å². The van der Waals surface area contributed by atoms with Gasteiger partial charge in [0.05, 0.1) is 12.6 Å². The number of hydrogen-bond donors (Lipinski definition) is 2. The minimum absolute atomic E-state index is 0.0990. The van der Waals surface area contributed by atoms with Crippen LogP contribution in [0.4, 0.5) is 5.82 Å². The van der Waals surface area contributed by atoms with Crippen LogP contribution in [0.3, 0.4) is 0 Å². The Morgan fingerprint density at radius 3 is 3.07 bits per heavy atom. The first-order valence-electron chi connectivity index (χ1n) is 4.34. The molecule has 1 fully saturated rings. The predicted octanol–water partition coefficient (Wildman–Crippen LogP) is -0.149. The molecule has 1 aromatic heterocycles. The minimum Gasteiger partial charge on any atom is -0.384 e. The second-order valence-corrected chi connectivity index (χ2v) is 3.15. The standard InChI is InChI=1S/C9H11N3O2/c10-8-2-1-6(3-11-8)7-4-14-5-9(13)12-7/h1-3,7H,4-5H2,(H2,10,11)(H,12,13). The first kappa shape index (κ1) is 8.96.